The van der Waals surface area contributed by atoms with Gasteiger partial charge in [0.05, 0.1) is 12.7 Å². The average Bonchev–Trinajstić information content (AvgIpc) is 2.79. The molecule has 0 amide bonds. The molecule has 7 heteroatoms. The lowest BCUT2D eigenvalue weighted by atomic mass is 9.96. The normalized spacial score (nSPS) is 10.7. The minimum absolute atomic E-state index is 0.161. The van der Waals surface area contributed by atoms with Crippen LogP contribution < -0.4 is 5.73 Å². The molecule has 30 heavy (non-hydrogen) atoms. The van der Waals surface area contributed by atoms with Gasteiger partial charge in [0, 0.05) is 30.1 Å². The average molecular weight is 417 g/mol. The van der Waals surface area contributed by atoms with Crippen molar-refractivity contribution in [2.45, 2.75) is 10.8 Å². The van der Waals surface area contributed by atoms with E-state index < -0.39 is 5.97 Å². The fourth-order valence-electron chi connectivity index (χ4n) is 2.98. The maximum atomic E-state index is 11.8. The van der Waals surface area contributed by atoms with Gasteiger partial charge in [-0.2, -0.15) is 5.26 Å². The molecule has 1 heterocycles. The van der Waals surface area contributed by atoms with E-state index >= 15 is 0 Å². The van der Waals surface area contributed by atoms with Crippen LogP contribution >= 0.6 is 11.8 Å². The quantitative estimate of drug-likeness (QED) is 0.365. The van der Waals surface area contributed by atoms with Crippen LogP contribution in [0.4, 0.5) is 5.82 Å². The van der Waals surface area contributed by atoms with Crippen LogP contribution in [0.3, 0.4) is 0 Å². The number of nitrogen functional groups attached to an aromatic ring is 1. The van der Waals surface area contributed by atoms with Gasteiger partial charge in [-0.1, -0.05) is 42.5 Å². The maximum absolute atomic E-state index is 11.8. The van der Waals surface area contributed by atoms with Crippen molar-refractivity contribution >= 4 is 29.8 Å². The molecule has 0 bridgehead atoms. The second-order valence-electron chi connectivity index (χ2n) is 6.31. The Morgan fingerprint density at radius 3 is 2.53 bits per heavy atom. The van der Waals surface area contributed by atoms with Crippen LogP contribution in [0.2, 0.25) is 0 Å². The van der Waals surface area contributed by atoms with Crippen molar-refractivity contribution in [2.24, 2.45) is 4.99 Å². The summed E-state index contributed by atoms with van der Waals surface area (Å²) < 4.78 is 4.76. The van der Waals surface area contributed by atoms with Crippen molar-refractivity contribution in [3.63, 3.8) is 0 Å². The second-order valence-corrected chi connectivity index (χ2v) is 7.27. The SMILES string of the molecule is CN=Cc1c(SCc2ccccc2)nc(N)c(C#N)c1-c1ccc(C(=O)OC)cc1. The third kappa shape index (κ3) is 4.50. The van der Waals surface area contributed by atoms with Crippen molar-refractivity contribution in [1.29, 1.82) is 5.26 Å². The first-order valence-corrected chi connectivity index (χ1v) is 10.1. The zero-order valence-electron chi connectivity index (χ0n) is 16.6. The molecule has 3 rings (SSSR count). The fraction of sp³-hybridized carbons (Fsp3) is 0.130. The van der Waals surface area contributed by atoms with Crippen molar-refractivity contribution in [3.8, 4) is 17.2 Å². The highest BCUT2D eigenvalue weighted by molar-refractivity contribution is 7.98. The molecular formula is C23H20N4O2S. The number of ether oxygens (including phenoxy) is 1. The van der Waals surface area contributed by atoms with Gasteiger partial charge in [-0.25, -0.2) is 9.78 Å². The molecule has 2 aromatic carbocycles. The number of benzene rings is 2. The summed E-state index contributed by atoms with van der Waals surface area (Å²) in [7, 11) is 3.00. The molecule has 0 saturated carbocycles. The van der Waals surface area contributed by atoms with Crippen LogP contribution in [0, 0.1) is 11.3 Å². The Bertz CT molecular complexity index is 1120. The maximum Gasteiger partial charge on any atom is 0.337 e. The summed E-state index contributed by atoms with van der Waals surface area (Å²) >= 11 is 1.53. The van der Waals surface area contributed by atoms with Gasteiger partial charge in [0.2, 0.25) is 0 Å². The van der Waals surface area contributed by atoms with E-state index in [9.17, 15) is 10.1 Å². The largest absolute Gasteiger partial charge is 0.465 e. The molecular weight excluding hydrogens is 396 g/mol. The number of aliphatic imine (C=N–C) groups is 1. The number of methoxy groups -OCH3 is 1. The molecule has 0 atom stereocenters. The first-order valence-electron chi connectivity index (χ1n) is 9.10. The Labute approximate surface area is 179 Å². The lowest BCUT2D eigenvalue weighted by molar-refractivity contribution is 0.0601. The number of hydrogen-bond donors (Lipinski definition) is 1. The summed E-state index contributed by atoms with van der Waals surface area (Å²) in [5.74, 6) is 0.434. The molecule has 0 aliphatic rings. The summed E-state index contributed by atoms with van der Waals surface area (Å²) in [4.78, 5) is 20.4. The number of esters is 1. The summed E-state index contributed by atoms with van der Waals surface area (Å²) in [6.45, 7) is 0. The van der Waals surface area contributed by atoms with E-state index in [2.05, 4.69) is 16.0 Å². The van der Waals surface area contributed by atoms with Crippen molar-refractivity contribution < 1.29 is 9.53 Å². The number of carbonyl (C=O) groups is 1. The Kier molecular flexibility index (Phi) is 6.83. The molecule has 2 N–H and O–H groups in total. The summed E-state index contributed by atoms with van der Waals surface area (Å²) in [6.07, 6.45) is 1.68. The predicted octanol–water partition coefficient (Wildman–Crippen LogP) is 4.33. The predicted molar refractivity (Wildman–Crippen MR) is 120 cm³/mol. The lowest BCUT2D eigenvalue weighted by Gasteiger charge is -2.15. The summed E-state index contributed by atoms with van der Waals surface area (Å²) in [6, 6.07) is 19.0. The van der Waals surface area contributed by atoms with Crippen LogP contribution in [0.25, 0.3) is 11.1 Å². The number of nitriles is 1. The van der Waals surface area contributed by atoms with E-state index in [4.69, 9.17) is 10.5 Å². The standard InChI is InChI=1S/C23H20N4O2S/c1-26-13-19-20(16-8-10-17(11-9-16)23(28)29-2)18(12-24)21(25)27-22(19)30-14-15-6-4-3-5-7-15/h3-11,13H,14H2,1-2H3,(H2,25,27). The molecule has 150 valence electrons. The highest BCUT2D eigenvalue weighted by Crippen LogP contribution is 2.36. The second kappa shape index (κ2) is 9.72. The van der Waals surface area contributed by atoms with Crippen LogP contribution in [-0.4, -0.2) is 31.3 Å². The van der Waals surface area contributed by atoms with E-state index in [0.29, 0.717) is 21.9 Å². The third-order valence-electron chi connectivity index (χ3n) is 4.41. The number of hydrogen-bond acceptors (Lipinski definition) is 7. The number of nitrogens with two attached hydrogens (primary N) is 1. The van der Waals surface area contributed by atoms with Crippen LogP contribution in [-0.2, 0) is 10.5 Å². The van der Waals surface area contributed by atoms with Crippen molar-refractivity contribution in [1.82, 2.24) is 4.98 Å². The van der Waals surface area contributed by atoms with E-state index in [1.165, 1.54) is 18.9 Å². The zero-order valence-corrected chi connectivity index (χ0v) is 17.4. The first-order chi connectivity index (χ1) is 14.6. The number of pyridine rings is 1. The number of aromatic nitrogens is 1. The van der Waals surface area contributed by atoms with E-state index in [1.807, 2.05) is 30.3 Å². The molecule has 6 nitrogen and oxygen atoms in total. The van der Waals surface area contributed by atoms with Gasteiger partial charge >= 0.3 is 5.97 Å². The minimum atomic E-state index is -0.425. The Hall–Kier alpha value is -3.63. The zero-order chi connectivity index (χ0) is 21.5. The van der Waals surface area contributed by atoms with E-state index in [0.717, 1.165) is 16.7 Å². The van der Waals surface area contributed by atoms with Gasteiger partial charge < -0.3 is 10.5 Å². The molecule has 0 unspecified atom stereocenters. The monoisotopic (exact) mass is 416 g/mol. The topological polar surface area (TPSA) is 101 Å². The van der Waals surface area contributed by atoms with Gasteiger partial charge in [-0.05, 0) is 23.3 Å². The highest BCUT2D eigenvalue weighted by Gasteiger charge is 2.20. The molecule has 3 aromatic rings. The minimum Gasteiger partial charge on any atom is -0.465 e. The number of anilines is 1. The van der Waals surface area contributed by atoms with Gasteiger partial charge in [0.15, 0.2) is 0 Å². The van der Waals surface area contributed by atoms with E-state index in [1.54, 1.807) is 37.5 Å². The van der Waals surface area contributed by atoms with Gasteiger partial charge in [0.1, 0.15) is 22.5 Å². The van der Waals surface area contributed by atoms with E-state index in [-0.39, 0.29) is 11.4 Å². The molecule has 0 aliphatic carbocycles. The summed E-state index contributed by atoms with van der Waals surface area (Å²) in [5.41, 5.74) is 10.1. The Morgan fingerprint density at radius 1 is 1.23 bits per heavy atom. The molecule has 0 aliphatic heterocycles. The first kappa shape index (κ1) is 21.1. The molecule has 0 spiro atoms. The number of nitrogens with zero attached hydrogens (tertiary/aromatic N) is 3. The van der Waals surface area contributed by atoms with Crippen molar-refractivity contribution in [2.75, 3.05) is 19.9 Å². The van der Waals surface area contributed by atoms with Gasteiger partial charge in [0.25, 0.3) is 0 Å². The fourth-order valence-corrected chi connectivity index (χ4v) is 3.95. The summed E-state index contributed by atoms with van der Waals surface area (Å²) in [5, 5.41) is 10.4. The Morgan fingerprint density at radius 2 is 1.93 bits per heavy atom. The number of thioether (sulfide) groups is 1. The molecule has 1 aromatic heterocycles. The Balaban J connectivity index is 2.11. The number of rotatable bonds is 6. The molecule has 0 radical (unpaired) electrons. The van der Waals surface area contributed by atoms with Crippen LogP contribution in [0.5, 0.6) is 0 Å². The van der Waals surface area contributed by atoms with Gasteiger partial charge in [-0.15, -0.1) is 11.8 Å². The highest BCUT2D eigenvalue weighted by atomic mass is 32.2. The smallest absolute Gasteiger partial charge is 0.337 e. The van der Waals surface area contributed by atoms with Crippen LogP contribution in [0.15, 0.2) is 64.6 Å². The number of carbonyl (C=O) groups excluding carboxylic acids is 1. The van der Waals surface area contributed by atoms with Crippen LogP contribution in [0.1, 0.15) is 27.0 Å². The van der Waals surface area contributed by atoms with Crippen molar-refractivity contribution in [3.05, 3.63) is 76.9 Å². The van der Waals surface area contributed by atoms with Gasteiger partial charge in [-0.3, -0.25) is 4.99 Å². The molecule has 0 saturated heterocycles. The molecule has 0 fully saturated rings. The lowest BCUT2D eigenvalue weighted by Crippen LogP contribution is -2.05. The third-order valence-corrected chi connectivity index (χ3v) is 5.47.